The molecule has 1 rings (SSSR count). The van der Waals surface area contributed by atoms with Gasteiger partial charge in [-0.15, -0.1) is 0 Å². The highest BCUT2D eigenvalue weighted by molar-refractivity contribution is 5.05. The lowest BCUT2D eigenvalue weighted by molar-refractivity contribution is -0.143. The molecule has 0 radical (unpaired) electrons. The molecule has 0 saturated carbocycles. The fourth-order valence-corrected chi connectivity index (χ4v) is 2.96. The van der Waals surface area contributed by atoms with E-state index in [0.29, 0.717) is 0 Å². The number of ether oxygens (including phenoxy) is 1. The van der Waals surface area contributed by atoms with Gasteiger partial charge in [-0.05, 0) is 46.5 Å². The molecule has 0 aromatic rings. The van der Waals surface area contributed by atoms with Gasteiger partial charge < -0.3 is 9.84 Å². The Hall–Kier alpha value is -0.0800. The molecule has 1 aliphatic rings. The van der Waals surface area contributed by atoms with E-state index in [9.17, 15) is 5.11 Å². The highest BCUT2D eigenvalue weighted by Crippen LogP contribution is 2.51. The number of aliphatic hydroxyl groups is 1. The quantitative estimate of drug-likeness (QED) is 0.745. The van der Waals surface area contributed by atoms with Gasteiger partial charge in [0.2, 0.25) is 0 Å². The molecular weight excluding hydrogens is 200 g/mol. The first kappa shape index (κ1) is 14.0. The molecule has 1 aliphatic heterocycles. The highest BCUT2D eigenvalue weighted by atomic mass is 16.5. The first-order valence-corrected chi connectivity index (χ1v) is 6.22. The van der Waals surface area contributed by atoms with E-state index in [2.05, 4.69) is 48.5 Å². The molecule has 2 heteroatoms. The van der Waals surface area contributed by atoms with E-state index in [1.54, 1.807) is 0 Å². The van der Waals surface area contributed by atoms with Gasteiger partial charge in [-0.1, -0.05) is 20.8 Å². The molecule has 0 aliphatic carbocycles. The molecule has 0 spiro atoms. The Morgan fingerprint density at radius 2 is 1.50 bits per heavy atom. The van der Waals surface area contributed by atoms with Gasteiger partial charge in [0.15, 0.2) is 0 Å². The second kappa shape index (κ2) is 3.46. The number of hydrogen-bond acceptors (Lipinski definition) is 2. The van der Waals surface area contributed by atoms with Gasteiger partial charge in [-0.2, -0.15) is 0 Å². The van der Waals surface area contributed by atoms with Crippen molar-refractivity contribution < 1.29 is 9.84 Å². The third-order valence-electron chi connectivity index (χ3n) is 4.27. The summed E-state index contributed by atoms with van der Waals surface area (Å²) in [6, 6.07) is 0. The summed E-state index contributed by atoms with van der Waals surface area (Å²) in [4.78, 5) is 0. The maximum atomic E-state index is 10.8. The zero-order valence-corrected chi connectivity index (χ0v) is 12.1. The minimum atomic E-state index is -0.718. The summed E-state index contributed by atoms with van der Waals surface area (Å²) in [7, 11) is 0. The van der Waals surface area contributed by atoms with Crippen molar-refractivity contribution in [1.29, 1.82) is 0 Å². The van der Waals surface area contributed by atoms with Crippen LogP contribution in [-0.4, -0.2) is 21.9 Å². The van der Waals surface area contributed by atoms with E-state index in [1.165, 1.54) is 0 Å². The first-order chi connectivity index (χ1) is 6.80. The van der Waals surface area contributed by atoms with Crippen LogP contribution in [0.1, 0.15) is 61.8 Å². The van der Waals surface area contributed by atoms with Crippen LogP contribution in [0.5, 0.6) is 0 Å². The Kier molecular flexibility index (Phi) is 3.02. The fraction of sp³-hybridized carbons (Fsp3) is 1.00. The van der Waals surface area contributed by atoms with E-state index >= 15 is 0 Å². The maximum absolute atomic E-state index is 10.8. The third-order valence-corrected chi connectivity index (χ3v) is 4.27. The van der Waals surface area contributed by atoms with Crippen LogP contribution < -0.4 is 0 Å². The molecule has 0 amide bonds. The first-order valence-electron chi connectivity index (χ1n) is 6.22. The molecule has 0 aromatic heterocycles. The lowest BCUT2D eigenvalue weighted by atomic mass is 9.64. The van der Waals surface area contributed by atoms with Gasteiger partial charge in [-0.25, -0.2) is 0 Å². The van der Waals surface area contributed by atoms with Crippen LogP contribution in [0.3, 0.4) is 0 Å². The second-order valence-corrected chi connectivity index (χ2v) is 7.62. The lowest BCUT2D eigenvalue weighted by Gasteiger charge is -2.46. The van der Waals surface area contributed by atoms with E-state index in [-0.39, 0.29) is 22.5 Å². The number of hydrogen-bond donors (Lipinski definition) is 1. The van der Waals surface area contributed by atoms with Crippen molar-refractivity contribution in [3.05, 3.63) is 0 Å². The molecule has 2 nitrogen and oxygen atoms in total. The predicted octanol–water partition coefficient (Wildman–Crippen LogP) is 3.38. The number of rotatable bonds is 1. The van der Waals surface area contributed by atoms with Crippen LogP contribution in [-0.2, 0) is 4.74 Å². The normalized spacial score (nSPS) is 32.4. The zero-order chi connectivity index (χ0) is 13.0. The molecule has 0 aromatic carbocycles. The standard InChI is InChI=1S/C14H28O2/c1-11(2,3)14(8,15)10-9-12(4,5)16-13(10,6)7/h10,15H,9H2,1-8H3. The molecule has 1 heterocycles. The Morgan fingerprint density at radius 1 is 1.06 bits per heavy atom. The Labute approximate surface area is 100 Å². The molecule has 1 fully saturated rings. The van der Waals surface area contributed by atoms with Gasteiger partial charge in [0.25, 0.3) is 0 Å². The fourth-order valence-electron chi connectivity index (χ4n) is 2.96. The minimum absolute atomic E-state index is 0.136. The Morgan fingerprint density at radius 3 is 1.75 bits per heavy atom. The predicted molar refractivity (Wildman–Crippen MR) is 67.4 cm³/mol. The summed E-state index contributed by atoms with van der Waals surface area (Å²) in [5, 5.41) is 10.8. The van der Waals surface area contributed by atoms with Crippen LogP contribution >= 0.6 is 0 Å². The van der Waals surface area contributed by atoms with Gasteiger partial charge >= 0.3 is 0 Å². The molecule has 2 atom stereocenters. The summed E-state index contributed by atoms with van der Waals surface area (Å²) in [6.45, 7) is 16.6. The molecule has 96 valence electrons. The lowest BCUT2D eigenvalue weighted by Crippen LogP contribution is -2.52. The van der Waals surface area contributed by atoms with Gasteiger partial charge in [0.1, 0.15) is 0 Å². The summed E-state index contributed by atoms with van der Waals surface area (Å²) >= 11 is 0. The van der Waals surface area contributed by atoms with Crippen molar-refractivity contribution in [2.24, 2.45) is 11.3 Å². The van der Waals surface area contributed by atoms with Crippen LogP contribution in [0.4, 0.5) is 0 Å². The average molecular weight is 228 g/mol. The van der Waals surface area contributed by atoms with Crippen molar-refractivity contribution in [1.82, 2.24) is 0 Å². The van der Waals surface area contributed by atoms with E-state index in [1.807, 2.05) is 6.92 Å². The Balaban J connectivity index is 3.06. The summed E-state index contributed by atoms with van der Waals surface area (Å²) in [5.41, 5.74) is -1.26. The SMILES string of the molecule is CC1(C)CC(C(C)(O)C(C)(C)C)C(C)(C)O1. The average Bonchev–Trinajstić information content (AvgIpc) is 2.16. The Bertz CT molecular complexity index is 269. The molecular formula is C14H28O2. The van der Waals surface area contributed by atoms with E-state index in [4.69, 9.17) is 4.74 Å². The summed E-state index contributed by atoms with van der Waals surface area (Å²) < 4.78 is 6.07. The highest BCUT2D eigenvalue weighted by Gasteiger charge is 2.56. The molecule has 16 heavy (non-hydrogen) atoms. The topological polar surface area (TPSA) is 29.5 Å². The molecule has 1 N–H and O–H groups in total. The van der Waals surface area contributed by atoms with Crippen molar-refractivity contribution in [3.63, 3.8) is 0 Å². The second-order valence-electron chi connectivity index (χ2n) is 7.62. The van der Waals surface area contributed by atoms with Crippen LogP contribution in [0.2, 0.25) is 0 Å². The van der Waals surface area contributed by atoms with E-state index in [0.717, 1.165) is 6.42 Å². The smallest absolute Gasteiger partial charge is 0.0724 e. The summed E-state index contributed by atoms with van der Waals surface area (Å²) in [6.07, 6.45) is 0.907. The third kappa shape index (κ3) is 2.28. The van der Waals surface area contributed by atoms with Gasteiger partial charge in [0.05, 0.1) is 16.8 Å². The maximum Gasteiger partial charge on any atom is 0.0724 e. The largest absolute Gasteiger partial charge is 0.389 e. The van der Waals surface area contributed by atoms with Crippen LogP contribution in [0, 0.1) is 11.3 Å². The monoisotopic (exact) mass is 228 g/mol. The van der Waals surface area contributed by atoms with Crippen LogP contribution in [0.15, 0.2) is 0 Å². The van der Waals surface area contributed by atoms with Crippen molar-refractivity contribution >= 4 is 0 Å². The van der Waals surface area contributed by atoms with E-state index < -0.39 is 5.60 Å². The molecule has 2 unspecified atom stereocenters. The molecule has 0 bridgehead atoms. The van der Waals surface area contributed by atoms with Gasteiger partial charge in [0, 0.05) is 5.92 Å². The molecule has 1 saturated heterocycles. The minimum Gasteiger partial charge on any atom is -0.389 e. The van der Waals surface area contributed by atoms with Crippen molar-refractivity contribution in [2.75, 3.05) is 0 Å². The van der Waals surface area contributed by atoms with Gasteiger partial charge in [-0.3, -0.25) is 0 Å². The van der Waals surface area contributed by atoms with Crippen molar-refractivity contribution in [2.45, 2.75) is 78.6 Å². The summed E-state index contributed by atoms with van der Waals surface area (Å²) in [5.74, 6) is 0.162. The van der Waals surface area contributed by atoms with Crippen LogP contribution in [0.25, 0.3) is 0 Å². The van der Waals surface area contributed by atoms with Crippen molar-refractivity contribution in [3.8, 4) is 0 Å². The zero-order valence-electron chi connectivity index (χ0n) is 12.1.